The SMILES string of the molecule is CCOc1cc(C)ccc1NCc1cn(C(C)(C)C)nn1. The first kappa shape index (κ1) is 15.4. The Labute approximate surface area is 126 Å². The molecule has 0 atom stereocenters. The van der Waals surface area contributed by atoms with Gasteiger partial charge in [0.15, 0.2) is 0 Å². The van der Waals surface area contributed by atoms with Crippen molar-refractivity contribution in [2.75, 3.05) is 11.9 Å². The number of hydrogen-bond donors (Lipinski definition) is 1. The summed E-state index contributed by atoms with van der Waals surface area (Å²) in [5.74, 6) is 0.876. The quantitative estimate of drug-likeness (QED) is 0.916. The van der Waals surface area contributed by atoms with Gasteiger partial charge in [-0.25, -0.2) is 4.68 Å². The second kappa shape index (κ2) is 6.16. The highest BCUT2D eigenvalue weighted by atomic mass is 16.5. The highest BCUT2D eigenvalue weighted by Crippen LogP contribution is 2.26. The van der Waals surface area contributed by atoms with Crippen LogP contribution < -0.4 is 10.1 Å². The predicted octanol–water partition coefficient (Wildman–Crippen LogP) is 3.35. The van der Waals surface area contributed by atoms with E-state index < -0.39 is 0 Å². The van der Waals surface area contributed by atoms with E-state index in [1.807, 2.05) is 29.9 Å². The van der Waals surface area contributed by atoms with Crippen molar-refractivity contribution in [3.05, 3.63) is 35.7 Å². The maximum atomic E-state index is 5.66. The number of rotatable bonds is 5. The number of aryl methyl sites for hydroxylation is 1. The average molecular weight is 288 g/mol. The van der Waals surface area contributed by atoms with Crippen molar-refractivity contribution in [3.8, 4) is 5.75 Å². The Balaban J connectivity index is 2.08. The zero-order valence-corrected chi connectivity index (χ0v) is 13.5. The number of aromatic nitrogens is 3. The molecular formula is C16H24N4O. The molecule has 0 saturated heterocycles. The predicted molar refractivity (Wildman–Crippen MR) is 84.7 cm³/mol. The van der Waals surface area contributed by atoms with Crippen molar-refractivity contribution in [2.24, 2.45) is 0 Å². The second-order valence-corrected chi connectivity index (χ2v) is 6.11. The maximum absolute atomic E-state index is 5.66. The van der Waals surface area contributed by atoms with Gasteiger partial charge in [-0.05, 0) is 52.3 Å². The summed E-state index contributed by atoms with van der Waals surface area (Å²) in [7, 11) is 0. The average Bonchev–Trinajstić information content (AvgIpc) is 2.87. The van der Waals surface area contributed by atoms with Crippen LogP contribution in [0.5, 0.6) is 5.75 Å². The molecule has 2 rings (SSSR count). The first-order chi connectivity index (χ1) is 9.90. The van der Waals surface area contributed by atoms with E-state index in [4.69, 9.17) is 4.74 Å². The summed E-state index contributed by atoms with van der Waals surface area (Å²) in [6.07, 6.45) is 1.97. The Morgan fingerprint density at radius 2 is 2.05 bits per heavy atom. The summed E-state index contributed by atoms with van der Waals surface area (Å²) in [5, 5.41) is 11.7. The normalized spacial score (nSPS) is 11.5. The summed E-state index contributed by atoms with van der Waals surface area (Å²) in [6.45, 7) is 11.6. The van der Waals surface area contributed by atoms with Gasteiger partial charge < -0.3 is 10.1 Å². The van der Waals surface area contributed by atoms with Gasteiger partial charge >= 0.3 is 0 Å². The van der Waals surface area contributed by atoms with Crippen molar-refractivity contribution in [1.82, 2.24) is 15.0 Å². The van der Waals surface area contributed by atoms with Crippen LogP contribution in [0.1, 0.15) is 39.0 Å². The van der Waals surface area contributed by atoms with Gasteiger partial charge in [-0.3, -0.25) is 0 Å². The number of ether oxygens (including phenoxy) is 1. The lowest BCUT2D eigenvalue weighted by Crippen LogP contribution is -2.22. The molecule has 0 unspecified atom stereocenters. The molecule has 0 fully saturated rings. The van der Waals surface area contributed by atoms with Crippen LogP contribution in [0.15, 0.2) is 24.4 Å². The van der Waals surface area contributed by atoms with E-state index in [1.54, 1.807) is 0 Å². The maximum Gasteiger partial charge on any atom is 0.142 e. The molecule has 0 radical (unpaired) electrons. The zero-order valence-electron chi connectivity index (χ0n) is 13.5. The topological polar surface area (TPSA) is 52.0 Å². The minimum atomic E-state index is -0.0500. The van der Waals surface area contributed by atoms with E-state index in [1.165, 1.54) is 5.56 Å². The Hall–Kier alpha value is -2.04. The number of benzene rings is 1. The van der Waals surface area contributed by atoms with Crippen LogP contribution in [0.4, 0.5) is 5.69 Å². The largest absolute Gasteiger partial charge is 0.492 e. The van der Waals surface area contributed by atoms with E-state index in [0.29, 0.717) is 13.2 Å². The minimum absolute atomic E-state index is 0.0500. The Morgan fingerprint density at radius 3 is 2.67 bits per heavy atom. The van der Waals surface area contributed by atoms with E-state index in [9.17, 15) is 0 Å². The van der Waals surface area contributed by atoms with E-state index in [0.717, 1.165) is 17.1 Å². The third-order valence-electron chi connectivity index (χ3n) is 3.13. The lowest BCUT2D eigenvalue weighted by Gasteiger charge is -2.17. The van der Waals surface area contributed by atoms with Gasteiger partial charge in [0.05, 0.1) is 30.6 Å². The van der Waals surface area contributed by atoms with Crippen LogP contribution in [0, 0.1) is 6.92 Å². The Bertz CT molecular complexity index is 599. The molecule has 0 spiro atoms. The number of anilines is 1. The lowest BCUT2D eigenvalue weighted by atomic mass is 10.1. The van der Waals surface area contributed by atoms with Gasteiger partial charge in [-0.15, -0.1) is 5.10 Å². The number of nitrogens with zero attached hydrogens (tertiary/aromatic N) is 3. The van der Waals surface area contributed by atoms with E-state index >= 15 is 0 Å². The first-order valence-corrected chi connectivity index (χ1v) is 7.29. The molecule has 0 amide bonds. The molecule has 1 N–H and O–H groups in total. The number of nitrogens with one attached hydrogen (secondary N) is 1. The Kier molecular flexibility index (Phi) is 4.50. The summed E-state index contributed by atoms with van der Waals surface area (Å²) in [6, 6.07) is 6.14. The minimum Gasteiger partial charge on any atom is -0.492 e. The first-order valence-electron chi connectivity index (χ1n) is 7.29. The van der Waals surface area contributed by atoms with Crippen LogP contribution >= 0.6 is 0 Å². The molecule has 0 saturated carbocycles. The summed E-state index contributed by atoms with van der Waals surface area (Å²) in [5.41, 5.74) is 3.02. The smallest absolute Gasteiger partial charge is 0.142 e. The molecular weight excluding hydrogens is 264 g/mol. The Morgan fingerprint density at radius 1 is 1.29 bits per heavy atom. The standard InChI is InChI=1S/C16H24N4O/c1-6-21-15-9-12(2)7-8-14(15)17-10-13-11-20(19-18-13)16(3,4)5/h7-9,11,17H,6,10H2,1-5H3. The van der Waals surface area contributed by atoms with Crippen LogP contribution in [0.2, 0.25) is 0 Å². The molecule has 5 heteroatoms. The molecule has 0 aliphatic carbocycles. The third kappa shape index (κ3) is 3.97. The molecule has 1 heterocycles. The molecule has 1 aromatic carbocycles. The van der Waals surface area contributed by atoms with E-state index in [-0.39, 0.29) is 5.54 Å². The molecule has 1 aromatic heterocycles. The van der Waals surface area contributed by atoms with Crippen molar-refractivity contribution in [3.63, 3.8) is 0 Å². The molecule has 0 bridgehead atoms. The van der Waals surface area contributed by atoms with Gasteiger partial charge in [0.25, 0.3) is 0 Å². The van der Waals surface area contributed by atoms with E-state index in [2.05, 4.69) is 49.4 Å². The summed E-state index contributed by atoms with van der Waals surface area (Å²) < 4.78 is 7.54. The highest BCUT2D eigenvalue weighted by molar-refractivity contribution is 5.57. The van der Waals surface area contributed by atoms with Crippen molar-refractivity contribution < 1.29 is 4.74 Å². The molecule has 0 aliphatic rings. The number of hydrogen-bond acceptors (Lipinski definition) is 4. The zero-order chi connectivity index (χ0) is 15.5. The fourth-order valence-electron chi connectivity index (χ4n) is 1.94. The second-order valence-electron chi connectivity index (χ2n) is 6.11. The fraction of sp³-hybridized carbons (Fsp3) is 0.500. The van der Waals surface area contributed by atoms with Crippen molar-refractivity contribution in [1.29, 1.82) is 0 Å². The molecule has 114 valence electrons. The third-order valence-corrected chi connectivity index (χ3v) is 3.13. The lowest BCUT2D eigenvalue weighted by molar-refractivity contribution is 0.341. The van der Waals surface area contributed by atoms with Crippen LogP contribution in [-0.4, -0.2) is 21.6 Å². The van der Waals surface area contributed by atoms with Gasteiger partial charge in [0.2, 0.25) is 0 Å². The molecule has 2 aromatic rings. The fourth-order valence-corrected chi connectivity index (χ4v) is 1.94. The molecule has 21 heavy (non-hydrogen) atoms. The van der Waals surface area contributed by atoms with Crippen LogP contribution in [0.25, 0.3) is 0 Å². The van der Waals surface area contributed by atoms with Crippen LogP contribution in [0.3, 0.4) is 0 Å². The highest BCUT2D eigenvalue weighted by Gasteiger charge is 2.15. The van der Waals surface area contributed by atoms with Gasteiger partial charge in [0.1, 0.15) is 11.4 Å². The summed E-state index contributed by atoms with van der Waals surface area (Å²) >= 11 is 0. The van der Waals surface area contributed by atoms with Gasteiger partial charge in [-0.1, -0.05) is 11.3 Å². The molecule has 0 aliphatic heterocycles. The van der Waals surface area contributed by atoms with Gasteiger partial charge in [-0.2, -0.15) is 0 Å². The van der Waals surface area contributed by atoms with Crippen molar-refractivity contribution >= 4 is 5.69 Å². The summed E-state index contributed by atoms with van der Waals surface area (Å²) in [4.78, 5) is 0. The van der Waals surface area contributed by atoms with Crippen molar-refractivity contribution in [2.45, 2.75) is 46.7 Å². The monoisotopic (exact) mass is 288 g/mol. The van der Waals surface area contributed by atoms with Gasteiger partial charge in [0, 0.05) is 0 Å². The van der Waals surface area contributed by atoms with Crippen LogP contribution in [-0.2, 0) is 12.1 Å². The molecule has 5 nitrogen and oxygen atoms in total.